The van der Waals surface area contributed by atoms with Crippen LogP contribution in [0.1, 0.15) is 80.1 Å². The molecule has 0 saturated heterocycles. The molecule has 0 aliphatic heterocycles. The zero-order chi connectivity index (χ0) is 22.6. The SMILES string of the molecule is CCCC(C)(C)C1C2CC(CC2CC(O)(C(F)(F)F)C(F)(F)F)C1C(C)(C)CC. The molecule has 2 aliphatic carbocycles. The first-order valence-electron chi connectivity index (χ1n) is 10.8. The highest BCUT2D eigenvalue weighted by molar-refractivity contribution is 5.10. The van der Waals surface area contributed by atoms with Crippen molar-refractivity contribution in [3.8, 4) is 0 Å². The molecule has 0 amide bonds. The van der Waals surface area contributed by atoms with Crippen molar-refractivity contribution in [2.45, 2.75) is 98.0 Å². The number of halogens is 6. The molecule has 0 spiro atoms. The lowest BCUT2D eigenvalue weighted by Gasteiger charge is -2.51. The summed E-state index contributed by atoms with van der Waals surface area (Å²) in [5.41, 5.74) is -4.83. The van der Waals surface area contributed by atoms with E-state index in [-0.39, 0.29) is 34.5 Å². The Morgan fingerprint density at radius 1 is 0.793 bits per heavy atom. The topological polar surface area (TPSA) is 20.2 Å². The minimum absolute atomic E-state index is 0.0234. The number of fused-ring (bicyclic) bond motifs is 2. The average Bonchev–Trinajstić information content (AvgIpc) is 3.10. The number of aliphatic hydroxyl groups is 1. The van der Waals surface area contributed by atoms with E-state index in [0.717, 1.165) is 19.3 Å². The summed E-state index contributed by atoms with van der Waals surface area (Å²) in [5.74, 6) is -0.522. The van der Waals surface area contributed by atoms with E-state index in [0.29, 0.717) is 12.8 Å². The molecule has 0 aromatic rings. The molecule has 0 aromatic carbocycles. The summed E-state index contributed by atoms with van der Waals surface area (Å²) < 4.78 is 79.8. The van der Waals surface area contributed by atoms with Gasteiger partial charge < -0.3 is 5.11 Å². The van der Waals surface area contributed by atoms with Crippen molar-refractivity contribution in [1.29, 1.82) is 0 Å². The molecule has 0 aromatic heterocycles. The van der Waals surface area contributed by atoms with Crippen molar-refractivity contribution < 1.29 is 31.4 Å². The van der Waals surface area contributed by atoms with Gasteiger partial charge >= 0.3 is 12.4 Å². The predicted octanol–water partition coefficient (Wildman–Crippen LogP) is 7.38. The predicted molar refractivity (Wildman–Crippen MR) is 101 cm³/mol. The molecule has 0 radical (unpaired) electrons. The van der Waals surface area contributed by atoms with Gasteiger partial charge in [-0.15, -0.1) is 0 Å². The standard InChI is InChI=1S/C22H36F6O/c1-7-9-19(5,6)17-15-11-13(16(17)18(3,4)8-2)10-14(15)12-20(29,21(23,24)25)22(26,27)28/h13-17,29H,7-12H2,1-6H3. The second-order valence-corrected chi connectivity index (χ2v) is 10.8. The molecule has 1 nitrogen and oxygen atoms in total. The van der Waals surface area contributed by atoms with Crippen LogP contribution in [0.3, 0.4) is 0 Å². The van der Waals surface area contributed by atoms with Crippen molar-refractivity contribution in [3.63, 3.8) is 0 Å². The summed E-state index contributed by atoms with van der Waals surface area (Å²) in [5, 5.41) is 9.79. The highest BCUT2D eigenvalue weighted by Gasteiger charge is 2.72. The molecule has 5 atom stereocenters. The molecule has 172 valence electrons. The monoisotopic (exact) mass is 430 g/mol. The highest BCUT2D eigenvalue weighted by Crippen LogP contribution is 2.67. The fourth-order valence-corrected chi connectivity index (χ4v) is 6.74. The molecule has 7 heteroatoms. The lowest BCUT2D eigenvalue weighted by Crippen LogP contribution is -2.58. The first-order chi connectivity index (χ1) is 12.9. The Labute approximate surface area is 170 Å². The second-order valence-electron chi connectivity index (χ2n) is 10.8. The largest absolute Gasteiger partial charge is 0.426 e. The van der Waals surface area contributed by atoms with E-state index in [2.05, 4.69) is 41.5 Å². The van der Waals surface area contributed by atoms with Gasteiger partial charge in [0.1, 0.15) is 0 Å². The molecule has 2 bridgehead atoms. The van der Waals surface area contributed by atoms with Crippen LogP contribution in [0.4, 0.5) is 26.3 Å². The van der Waals surface area contributed by atoms with Crippen molar-refractivity contribution in [3.05, 3.63) is 0 Å². The van der Waals surface area contributed by atoms with Crippen molar-refractivity contribution in [1.82, 2.24) is 0 Å². The van der Waals surface area contributed by atoms with E-state index in [4.69, 9.17) is 0 Å². The zero-order valence-corrected chi connectivity index (χ0v) is 18.3. The number of hydrogen-bond donors (Lipinski definition) is 1. The highest BCUT2D eigenvalue weighted by atomic mass is 19.4. The maximum atomic E-state index is 13.3. The maximum absolute atomic E-state index is 13.3. The summed E-state index contributed by atoms with van der Waals surface area (Å²) in [6.07, 6.45) is -9.02. The molecular formula is C22H36F6O. The molecule has 2 fully saturated rings. The third-order valence-corrected chi connectivity index (χ3v) is 8.25. The Kier molecular flexibility index (Phi) is 6.50. The van der Waals surface area contributed by atoms with Crippen LogP contribution in [0.2, 0.25) is 0 Å². The van der Waals surface area contributed by atoms with E-state index in [1.54, 1.807) is 0 Å². The maximum Gasteiger partial charge on any atom is 0.426 e. The summed E-state index contributed by atoms with van der Waals surface area (Å²) in [6, 6.07) is 0. The van der Waals surface area contributed by atoms with Gasteiger partial charge in [-0.3, -0.25) is 0 Å². The van der Waals surface area contributed by atoms with Crippen molar-refractivity contribution in [2.24, 2.45) is 40.4 Å². The van der Waals surface area contributed by atoms with Crippen molar-refractivity contribution >= 4 is 0 Å². The van der Waals surface area contributed by atoms with E-state index >= 15 is 0 Å². The second kappa shape index (κ2) is 7.59. The van der Waals surface area contributed by atoms with Gasteiger partial charge in [-0.2, -0.15) is 26.3 Å². The van der Waals surface area contributed by atoms with Crippen LogP contribution in [0.5, 0.6) is 0 Å². The fraction of sp³-hybridized carbons (Fsp3) is 1.00. The quantitative estimate of drug-likeness (QED) is 0.418. The van der Waals surface area contributed by atoms with E-state index < -0.39 is 30.3 Å². The Hall–Kier alpha value is -0.460. The van der Waals surface area contributed by atoms with Crippen LogP contribution >= 0.6 is 0 Å². The van der Waals surface area contributed by atoms with Gasteiger partial charge in [-0.05, 0) is 66.1 Å². The van der Waals surface area contributed by atoms with Crippen LogP contribution < -0.4 is 0 Å². The van der Waals surface area contributed by atoms with Gasteiger partial charge in [0.05, 0.1) is 0 Å². The summed E-state index contributed by atoms with van der Waals surface area (Å²) in [7, 11) is 0. The van der Waals surface area contributed by atoms with Gasteiger partial charge in [0, 0.05) is 0 Å². The normalized spacial score (nSPS) is 31.6. The van der Waals surface area contributed by atoms with Crippen LogP contribution in [0, 0.1) is 40.4 Å². The third kappa shape index (κ3) is 4.18. The summed E-state index contributed by atoms with van der Waals surface area (Å²) >= 11 is 0. The van der Waals surface area contributed by atoms with Gasteiger partial charge in [0.15, 0.2) is 0 Å². The Morgan fingerprint density at radius 2 is 1.31 bits per heavy atom. The van der Waals surface area contributed by atoms with Crippen molar-refractivity contribution in [2.75, 3.05) is 0 Å². The molecule has 2 rings (SSSR count). The molecule has 29 heavy (non-hydrogen) atoms. The average molecular weight is 431 g/mol. The third-order valence-electron chi connectivity index (χ3n) is 8.25. The summed E-state index contributed by atoms with van der Waals surface area (Å²) in [6.45, 7) is 12.7. The molecule has 2 saturated carbocycles. The van der Waals surface area contributed by atoms with E-state index in [1.165, 1.54) is 0 Å². The molecular weight excluding hydrogens is 394 g/mol. The minimum Gasteiger partial charge on any atom is -0.374 e. The van der Waals surface area contributed by atoms with E-state index in [1.807, 2.05) is 0 Å². The summed E-state index contributed by atoms with van der Waals surface area (Å²) in [4.78, 5) is 0. The van der Waals surface area contributed by atoms with Crippen LogP contribution in [0.15, 0.2) is 0 Å². The molecule has 2 aliphatic rings. The number of alkyl halides is 6. The van der Waals surface area contributed by atoms with Gasteiger partial charge in [0.2, 0.25) is 0 Å². The zero-order valence-electron chi connectivity index (χ0n) is 18.3. The van der Waals surface area contributed by atoms with Crippen LogP contribution in [0.25, 0.3) is 0 Å². The molecule has 5 unspecified atom stereocenters. The van der Waals surface area contributed by atoms with Crippen LogP contribution in [-0.4, -0.2) is 23.1 Å². The Balaban J connectivity index is 2.41. The lowest BCUT2D eigenvalue weighted by molar-refractivity contribution is -0.373. The lowest BCUT2D eigenvalue weighted by atomic mass is 9.54. The van der Waals surface area contributed by atoms with Gasteiger partial charge in [0.25, 0.3) is 5.60 Å². The smallest absolute Gasteiger partial charge is 0.374 e. The number of rotatable bonds is 7. The molecule has 0 heterocycles. The number of hydrogen-bond acceptors (Lipinski definition) is 1. The van der Waals surface area contributed by atoms with Crippen LogP contribution in [-0.2, 0) is 0 Å². The Morgan fingerprint density at radius 3 is 1.72 bits per heavy atom. The molecule has 1 N–H and O–H groups in total. The van der Waals surface area contributed by atoms with Gasteiger partial charge in [-0.1, -0.05) is 54.4 Å². The fourth-order valence-electron chi connectivity index (χ4n) is 6.74. The Bertz CT molecular complexity index is 563. The first kappa shape index (κ1) is 24.8. The minimum atomic E-state index is -5.73. The van der Waals surface area contributed by atoms with Gasteiger partial charge in [-0.25, -0.2) is 0 Å². The van der Waals surface area contributed by atoms with E-state index in [9.17, 15) is 31.4 Å². The first-order valence-corrected chi connectivity index (χ1v) is 10.8.